The Hall–Kier alpha value is -3.56. The van der Waals surface area contributed by atoms with Gasteiger partial charge in [0.2, 0.25) is 5.91 Å². The maximum Gasteiger partial charge on any atom is 0.330 e. The molecule has 0 aliphatic carbocycles. The van der Waals surface area contributed by atoms with Crippen LogP contribution in [0.4, 0.5) is 11.5 Å². The van der Waals surface area contributed by atoms with Crippen LogP contribution in [0.15, 0.2) is 33.9 Å². The van der Waals surface area contributed by atoms with E-state index in [4.69, 9.17) is 10.5 Å². The van der Waals surface area contributed by atoms with Crippen molar-refractivity contribution in [2.45, 2.75) is 54.0 Å². The average molecular weight is 502 g/mol. The Kier molecular flexibility index (Phi) is 10.3. The van der Waals surface area contributed by atoms with Crippen molar-refractivity contribution in [1.82, 2.24) is 14.5 Å². The summed E-state index contributed by atoms with van der Waals surface area (Å²) in [6.07, 6.45) is 1.97. The van der Waals surface area contributed by atoms with Gasteiger partial charge in [-0.3, -0.25) is 23.9 Å². The zero-order chi connectivity index (χ0) is 27.0. The monoisotopic (exact) mass is 501 g/mol. The van der Waals surface area contributed by atoms with Crippen molar-refractivity contribution in [2.24, 2.45) is 11.8 Å². The number of carbonyl (C=O) groups excluding carboxylic acids is 2. The highest BCUT2D eigenvalue weighted by Gasteiger charge is 2.27. The van der Waals surface area contributed by atoms with Crippen LogP contribution in [0.1, 0.15) is 57.8 Å². The zero-order valence-corrected chi connectivity index (χ0v) is 22.2. The molecule has 36 heavy (non-hydrogen) atoms. The first-order chi connectivity index (χ1) is 17.0. The number of carbonyl (C=O) groups is 2. The fraction of sp³-hybridized carbons (Fsp3) is 0.538. The number of aromatic amines is 1. The standard InChI is InChI=1S/C26H39N5O5/c1-7-8-13-36-20-11-9-19(10-12-20)25(34)29(6)16-21(32)30(14-17(2)3)22-23(27)31(15-18(4)5)26(35)28-24(22)33/h9-12,17-18H,7-8,13-16,27H2,1-6H3,(H,28,33,35). The predicted molar refractivity (Wildman–Crippen MR) is 142 cm³/mol. The number of aromatic nitrogens is 2. The second-order valence-corrected chi connectivity index (χ2v) is 9.78. The summed E-state index contributed by atoms with van der Waals surface area (Å²) in [7, 11) is 1.52. The number of hydrogen-bond donors (Lipinski definition) is 2. The summed E-state index contributed by atoms with van der Waals surface area (Å²) >= 11 is 0. The van der Waals surface area contributed by atoms with E-state index in [0.29, 0.717) is 17.9 Å². The molecule has 0 radical (unpaired) electrons. The first kappa shape index (κ1) is 28.7. The summed E-state index contributed by atoms with van der Waals surface area (Å²) < 4.78 is 6.90. The molecule has 0 aliphatic heterocycles. The summed E-state index contributed by atoms with van der Waals surface area (Å²) in [6, 6.07) is 6.76. The van der Waals surface area contributed by atoms with Gasteiger partial charge < -0.3 is 20.3 Å². The lowest BCUT2D eigenvalue weighted by Crippen LogP contribution is -2.47. The van der Waals surface area contributed by atoms with Crippen molar-refractivity contribution in [3.8, 4) is 5.75 Å². The fourth-order valence-electron chi connectivity index (χ4n) is 3.68. The molecule has 0 unspecified atom stereocenters. The Morgan fingerprint density at radius 2 is 1.72 bits per heavy atom. The van der Waals surface area contributed by atoms with Gasteiger partial charge in [0.25, 0.3) is 11.5 Å². The van der Waals surface area contributed by atoms with Gasteiger partial charge in [-0.25, -0.2) is 4.79 Å². The molecule has 3 N–H and O–H groups in total. The van der Waals surface area contributed by atoms with Gasteiger partial charge in [-0.15, -0.1) is 0 Å². The summed E-state index contributed by atoms with van der Waals surface area (Å²) in [4.78, 5) is 56.3. The third-order valence-electron chi connectivity index (χ3n) is 5.47. The normalized spacial score (nSPS) is 11.1. The third-order valence-corrected chi connectivity index (χ3v) is 5.47. The number of rotatable bonds is 12. The van der Waals surface area contributed by atoms with Crippen molar-refractivity contribution in [1.29, 1.82) is 0 Å². The predicted octanol–water partition coefficient (Wildman–Crippen LogP) is 2.71. The van der Waals surface area contributed by atoms with Crippen molar-refractivity contribution in [2.75, 3.05) is 37.4 Å². The number of ether oxygens (including phenoxy) is 1. The summed E-state index contributed by atoms with van der Waals surface area (Å²) in [5.74, 6) is -0.137. The highest BCUT2D eigenvalue weighted by Crippen LogP contribution is 2.20. The minimum absolute atomic E-state index is 0.000475. The number of likely N-dealkylation sites (N-methyl/N-ethyl adjacent to an activating group) is 1. The van der Waals surface area contributed by atoms with E-state index < -0.39 is 17.2 Å². The van der Waals surface area contributed by atoms with Crippen LogP contribution in [-0.2, 0) is 11.3 Å². The Balaban J connectivity index is 2.28. The van der Waals surface area contributed by atoms with E-state index in [9.17, 15) is 19.2 Å². The van der Waals surface area contributed by atoms with E-state index >= 15 is 0 Å². The second kappa shape index (κ2) is 12.9. The molecule has 10 nitrogen and oxygen atoms in total. The average Bonchev–Trinajstić information content (AvgIpc) is 2.80. The molecule has 0 bridgehead atoms. The van der Waals surface area contributed by atoms with E-state index in [0.717, 1.165) is 12.8 Å². The zero-order valence-electron chi connectivity index (χ0n) is 22.2. The molecule has 0 saturated carbocycles. The lowest BCUT2D eigenvalue weighted by Gasteiger charge is -2.28. The van der Waals surface area contributed by atoms with Crippen LogP contribution in [0.2, 0.25) is 0 Å². The molecule has 1 aromatic heterocycles. The van der Waals surface area contributed by atoms with E-state index in [1.165, 1.54) is 21.4 Å². The second-order valence-electron chi connectivity index (χ2n) is 9.78. The van der Waals surface area contributed by atoms with Gasteiger partial charge in [-0.05, 0) is 42.5 Å². The highest BCUT2D eigenvalue weighted by molar-refractivity contribution is 6.01. The minimum atomic E-state index is -0.737. The highest BCUT2D eigenvalue weighted by atomic mass is 16.5. The summed E-state index contributed by atoms with van der Waals surface area (Å²) in [6.45, 7) is 10.5. The molecule has 2 amide bonds. The Labute approximate surface area is 212 Å². The SMILES string of the molecule is CCCCOc1ccc(C(=O)N(C)CC(=O)N(CC(C)C)c2c(N)n(CC(C)C)c(=O)[nH]c2=O)cc1. The first-order valence-electron chi connectivity index (χ1n) is 12.4. The van der Waals surface area contributed by atoms with Gasteiger partial charge in [0.05, 0.1) is 6.61 Å². The van der Waals surface area contributed by atoms with E-state index in [2.05, 4.69) is 11.9 Å². The van der Waals surface area contributed by atoms with Crippen LogP contribution < -0.4 is 26.6 Å². The fourth-order valence-corrected chi connectivity index (χ4v) is 3.68. The Bertz CT molecular complexity index is 1150. The lowest BCUT2D eigenvalue weighted by atomic mass is 10.1. The molecule has 2 rings (SSSR count). The molecule has 198 valence electrons. The third kappa shape index (κ3) is 7.47. The van der Waals surface area contributed by atoms with Gasteiger partial charge in [-0.2, -0.15) is 0 Å². The molecule has 0 spiro atoms. The van der Waals surface area contributed by atoms with Crippen LogP contribution >= 0.6 is 0 Å². The molecule has 2 aromatic rings. The van der Waals surface area contributed by atoms with Gasteiger partial charge in [0.1, 0.15) is 18.1 Å². The number of nitrogen functional groups attached to an aromatic ring is 1. The van der Waals surface area contributed by atoms with Crippen LogP contribution in [0, 0.1) is 11.8 Å². The molecular formula is C26H39N5O5. The maximum absolute atomic E-state index is 13.4. The van der Waals surface area contributed by atoms with Gasteiger partial charge >= 0.3 is 5.69 Å². The quantitative estimate of drug-likeness (QED) is 0.430. The molecule has 1 aromatic carbocycles. The molecule has 10 heteroatoms. The van der Waals surface area contributed by atoms with Crippen LogP contribution in [0.3, 0.4) is 0 Å². The number of H-pyrrole nitrogens is 1. The molecule has 0 aliphatic rings. The number of nitrogens with zero attached hydrogens (tertiary/aromatic N) is 3. The number of anilines is 2. The van der Waals surface area contributed by atoms with Crippen molar-refractivity contribution in [3.05, 3.63) is 50.7 Å². The van der Waals surface area contributed by atoms with Crippen molar-refractivity contribution in [3.63, 3.8) is 0 Å². The number of nitrogens with one attached hydrogen (secondary N) is 1. The van der Waals surface area contributed by atoms with E-state index in [1.54, 1.807) is 24.3 Å². The molecule has 0 saturated heterocycles. The van der Waals surface area contributed by atoms with Crippen LogP contribution in [-0.4, -0.2) is 53.0 Å². The largest absolute Gasteiger partial charge is 0.494 e. The summed E-state index contributed by atoms with van der Waals surface area (Å²) in [5.41, 5.74) is 5.21. The molecule has 0 atom stereocenters. The molecular weight excluding hydrogens is 462 g/mol. The number of hydrogen-bond acceptors (Lipinski definition) is 6. The topological polar surface area (TPSA) is 131 Å². The maximum atomic E-state index is 13.4. The van der Waals surface area contributed by atoms with E-state index in [-0.39, 0.29) is 48.9 Å². The van der Waals surface area contributed by atoms with Crippen molar-refractivity contribution >= 4 is 23.3 Å². The van der Waals surface area contributed by atoms with Crippen LogP contribution in [0.5, 0.6) is 5.75 Å². The van der Waals surface area contributed by atoms with Gasteiger partial charge in [0.15, 0.2) is 5.69 Å². The van der Waals surface area contributed by atoms with Crippen molar-refractivity contribution < 1.29 is 14.3 Å². The number of amides is 2. The van der Waals surface area contributed by atoms with E-state index in [1.807, 2.05) is 27.7 Å². The van der Waals surface area contributed by atoms with Gasteiger partial charge in [0, 0.05) is 25.7 Å². The number of unbranched alkanes of at least 4 members (excludes halogenated alkanes) is 1. The minimum Gasteiger partial charge on any atom is -0.494 e. The smallest absolute Gasteiger partial charge is 0.330 e. The lowest BCUT2D eigenvalue weighted by molar-refractivity contribution is -0.119. The number of nitrogens with two attached hydrogens (primary N) is 1. The Morgan fingerprint density at radius 3 is 2.28 bits per heavy atom. The molecule has 1 heterocycles. The molecule has 0 fully saturated rings. The Morgan fingerprint density at radius 1 is 1.08 bits per heavy atom. The summed E-state index contributed by atoms with van der Waals surface area (Å²) in [5, 5.41) is 0. The number of benzene rings is 1. The van der Waals surface area contributed by atoms with Crippen LogP contribution in [0.25, 0.3) is 0 Å². The van der Waals surface area contributed by atoms with Gasteiger partial charge in [-0.1, -0.05) is 41.0 Å². The first-order valence-corrected chi connectivity index (χ1v) is 12.4.